The lowest BCUT2D eigenvalue weighted by Crippen LogP contribution is -2.56. The molecule has 1 fully saturated rings. The van der Waals surface area contributed by atoms with Crippen LogP contribution in [-0.2, 0) is 41.7 Å². The average molecular weight is 682 g/mol. The summed E-state index contributed by atoms with van der Waals surface area (Å²) < 4.78 is 40.3. The fourth-order valence-corrected chi connectivity index (χ4v) is 6.36. The minimum absolute atomic E-state index is 0.134. The summed E-state index contributed by atoms with van der Waals surface area (Å²) in [7, 11) is 0. The van der Waals surface area contributed by atoms with Crippen molar-refractivity contribution in [2.45, 2.75) is 64.3 Å². The highest BCUT2D eigenvalue weighted by Gasteiger charge is 2.34. The molecule has 0 N–H and O–H groups in total. The van der Waals surface area contributed by atoms with Gasteiger partial charge >= 0.3 is 6.18 Å². The fraction of sp³-hybridized carbons (Fsp3) is 0.333. The maximum absolute atomic E-state index is 14.5. The molecule has 1 heterocycles. The molecule has 1 unspecified atom stereocenters. The third-order valence-electron chi connectivity index (χ3n) is 9.23. The molecule has 5 rings (SSSR count). The van der Waals surface area contributed by atoms with Crippen LogP contribution in [0, 0.1) is 0 Å². The van der Waals surface area contributed by atoms with E-state index in [1.807, 2.05) is 65.6 Å². The van der Waals surface area contributed by atoms with E-state index in [9.17, 15) is 22.8 Å². The Kier molecular flexibility index (Phi) is 13.0. The first-order chi connectivity index (χ1) is 24.2. The Hall–Kier alpha value is -4.69. The second-order valence-corrected chi connectivity index (χ2v) is 13.0. The normalized spacial score (nSPS) is 14.5. The molecule has 4 aromatic rings. The van der Waals surface area contributed by atoms with Gasteiger partial charge in [0, 0.05) is 51.8 Å². The Balaban J connectivity index is 1.42. The summed E-state index contributed by atoms with van der Waals surface area (Å²) in [4.78, 5) is 34.4. The minimum Gasteiger partial charge on any atom is -0.338 e. The van der Waals surface area contributed by atoms with Crippen LogP contribution in [0.2, 0.25) is 0 Å². The van der Waals surface area contributed by atoms with E-state index in [1.165, 1.54) is 35.4 Å². The minimum atomic E-state index is -4.50. The van der Waals surface area contributed by atoms with Crippen molar-refractivity contribution >= 4 is 17.9 Å². The van der Waals surface area contributed by atoms with Gasteiger partial charge in [-0.1, -0.05) is 117 Å². The zero-order valence-electron chi connectivity index (χ0n) is 28.7. The molecule has 8 heteroatoms. The van der Waals surface area contributed by atoms with Crippen molar-refractivity contribution in [3.05, 3.63) is 149 Å². The van der Waals surface area contributed by atoms with Gasteiger partial charge in [0.15, 0.2) is 0 Å². The van der Waals surface area contributed by atoms with Gasteiger partial charge in [-0.2, -0.15) is 13.2 Å². The van der Waals surface area contributed by atoms with Crippen molar-refractivity contribution in [2.24, 2.45) is 0 Å². The van der Waals surface area contributed by atoms with E-state index in [1.54, 1.807) is 4.90 Å². The van der Waals surface area contributed by atoms with E-state index < -0.39 is 23.7 Å². The number of hydrogen-bond donors (Lipinski definition) is 0. The van der Waals surface area contributed by atoms with Crippen LogP contribution in [0.25, 0.3) is 6.08 Å². The standard InChI is InChI=1S/C42H46F3N3O2/c1-2-3-6-12-33-19-21-37(22-20-33)32-48(40(49)24-23-35-17-11-18-38(29-35)42(43,44)45)39(30-34-13-7-4-8-14-34)41(50)47-27-25-46(26-28-47)31-36-15-9-5-10-16-36/h4-5,7-11,13-24,29,39H,2-3,6,12,25-28,30-32H2,1H3. The summed E-state index contributed by atoms with van der Waals surface area (Å²) in [5, 5.41) is 0. The molecule has 0 radical (unpaired) electrons. The topological polar surface area (TPSA) is 43.9 Å². The molecule has 1 aliphatic rings. The molecule has 0 aromatic heterocycles. The average Bonchev–Trinajstić information content (AvgIpc) is 3.13. The number of hydrogen-bond acceptors (Lipinski definition) is 3. The molecular formula is C42H46F3N3O2. The van der Waals surface area contributed by atoms with Gasteiger partial charge < -0.3 is 9.80 Å². The quantitative estimate of drug-likeness (QED) is 0.0992. The molecule has 0 bridgehead atoms. The lowest BCUT2D eigenvalue weighted by molar-refractivity contribution is -0.145. The van der Waals surface area contributed by atoms with Crippen LogP contribution >= 0.6 is 0 Å². The van der Waals surface area contributed by atoms with Gasteiger partial charge in [0.2, 0.25) is 11.8 Å². The maximum atomic E-state index is 14.5. The fourth-order valence-electron chi connectivity index (χ4n) is 6.36. The lowest BCUT2D eigenvalue weighted by Gasteiger charge is -2.39. The highest BCUT2D eigenvalue weighted by molar-refractivity contribution is 5.95. The first kappa shape index (κ1) is 36.6. The third kappa shape index (κ3) is 10.7. The summed E-state index contributed by atoms with van der Waals surface area (Å²) >= 11 is 0. The predicted molar refractivity (Wildman–Crippen MR) is 193 cm³/mol. The summed E-state index contributed by atoms with van der Waals surface area (Å²) in [5.74, 6) is -0.573. The van der Waals surface area contributed by atoms with Crippen LogP contribution in [0.15, 0.2) is 115 Å². The number of alkyl halides is 3. The van der Waals surface area contributed by atoms with Crippen LogP contribution < -0.4 is 0 Å². The molecule has 0 aliphatic carbocycles. The number of piperazine rings is 1. The van der Waals surface area contributed by atoms with E-state index in [2.05, 4.69) is 36.1 Å². The monoisotopic (exact) mass is 681 g/mol. The number of benzene rings is 4. The van der Waals surface area contributed by atoms with Crippen molar-refractivity contribution < 1.29 is 22.8 Å². The van der Waals surface area contributed by atoms with Crippen molar-refractivity contribution in [1.82, 2.24) is 14.7 Å². The second kappa shape index (κ2) is 17.8. The zero-order valence-corrected chi connectivity index (χ0v) is 28.7. The van der Waals surface area contributed by atoms with Crippen molar-refractivity contribution in [3.63, 3.8) is 0 Å². The van der Waals surface area contributed by atoms with Gasteiger partial charge in [-0.05, 0) is 58.9 Å². The molecule has 1 saturated heterocycles. The van der Waals surface area contributed by atoms with Crippen LogP contribution in [-0.4, -0.2) is 58.7 Å². The predicted octanol–water partition coefficient (Wildman–Crippen LogP) is 8.44. The highest BCUT2D eigenvalue weighted by Crippen LogP contribution is 2.30. The molecule has 5 nitrogen and oxygen atoms in total. The number of rotatable bonds is 14. The zero-order chi connectivity index (χ0) is 35.3. The molecule has 50 heavy (non-hydrogen) atoms. The van der Waals surface area contributed by atoms with Crippen LogP contribution in [0.4, 0.5) is 13.2 Å². The Labute approximate surface area is 294 Å². The van der Waals surface area contributed by atoms with E-state index in [-0.39, 0.29) is 18.0 Å². The van der Waals surface area contributed by atoms with Gasteiger partial charge in [0.1, 0.15) is 6.04 Å². The molecule has 0 spiro atoms. The molecule has 1 atom stereocenters. The Bertz CT molecular complexity index is 1680. The largest absolute Gasteiger partial charge is 0.416 e. The van der Waals surface area contributed by atoms with Gasteiger partial charge in [-0.15, -0.1) is 0 Å². The number of unbranched alkanes of at least 4 members (excludes halogenated alkanes) is 2. The molecule has 2 amide bonds. The molecular weight excluding hydrogens is 635 g/mol. The van der Waals surface area contributed by atoms with E-state index in [4.69, 9.17) is 0 Å². The van der Waals surface area contributed by atoms with Gasteiger partial charge in [-0.25, -0.2) is 0 Å². The van der Waals surface area contributed by atoms with E-state index in [0.29, 0.717) is 32.6 Å². The number of amides is 2. The summed E-state index contributed by atoms with van der Waals surface area (Å²) in [6.45, 7) is 5.64. The Morgan fingerprint density at radius 1 is 0.760 bits per heavy atom. The first-order valence-corrected chi connectivity index (χ1v) is 17.5. The number of carbonyl (C=O) groups is 2. The molecule has 262 valence electrons. The van der Waals surface area contributed by atoms with Crippen molar-refractivity contribution in [3.8, 4) is 0 Å². The molecule has 4 aromatic carbocycles. The number of aryl methyl sites for hydroxylation is 1. The Morgan fingerprint density at radius 2 is 1.40 bits per heavy atom. The summed E-state index contributed by atoms with van der Waals surface area (Å²) in [6.07, 6.45) is 2.87. The summed E-state index contributed by atoms with van der Waals surface area (Å²) in [6, 6.07) is 32.1. The van der Waals surface area contributed by atoms with Crippen molar-refractivity contribution in [1.29, 1.82) is 0 Å². The van der Waals surface area contributed by atoms with Gasteiger partial charge in [0.25, 0.3) is 0 Å². The summed E-state index contributed by atoms with van der Waals surface area (Å²) in [5.41, 5.74) is 3.70. The van der Waals surface area contributed by atoms with Gasteiger partial charge in [-0.3, -0.25) is 14.5 Å². The van der Waals surface area contributed by atoms with Crippen LogP contribution in [0.3, 0.4) is 0 Å². The SMILES string of the molecule is CCCCCc1ccc(CN(C(=O)C=Cc2cccc(C(F)(F)F)c2)C(Cc2ccccc2)C(=O)N2CCN(Cc3ccccc3)CC2)cc1. The number of nitrogens with zero attached hydrogens (tertiary/aromatic N) is 3. The third-order valence-corrected chi connectivity index (χ3v) is 9.23. The van der Waals surface area contributed by atoms with Crippen LogP contribution in [0.1, 0.15) is 59.6 Å². The molecule has 0 saturated carbocycles. The maximum Gasteiger partial charge on any atom is 0.416 e. The smallest absolute Gasteiger partial charge is 0.338 e. The highest BCUT2D eigenvalue weighted by atomic mass is 19.4. The van der Waals surface area contributed by atoms with E-state index >= 15 is 0 Å². The number of carbonyl (C=O) groups excluding carboxylic acids is 2. The first-order valence-electron chi connectivity index (χ1n) is 17.5. The van der Waals surface area contributed by atoms with E-state index in [0.717, 1.165) is 55.5 Å². The van der Waals surface area contributed by atoms with Crippen LogP contribution in [0.5, 0.6) is 0 Å². The Morgan fingerprint density at radius 3 is 2.04 bits per heavy atom. The number of halogens is 3. The van der Waals surface area contributed by atoms with Crippen molar-refractivity contribution in [2.75, 3.05) is 26.2 Å². The second-order valence-electron chi connectivity index (χ2n) is 13.0. The lowest BCUT2D eigenvalue weighted by atomic mass is 10.0. The van der Waals surface area contributed by atoms with Gasteiger partial charge in [0.05, 0.1) is 5.56 Å². The molecule has 1 aliphatic heterocycles.